The third-order valence-electron chi connectivity index (χ3n) is 2.76. The first-order chi connectivity index (χ1) is 6.74. The summed E-state index contributed by atoms with van der Waals surface area (Å²) in [5.74, 6) is 0. The van der Waals surface area contributed by atoms with Gasteiger partial charge in [0.1, 0.15) is 6.29 Å². The van der Waals surface area contributed by atoms with E-state index in [9.17, 15) is 4.79 Å². The van der Waals surface area contributed by atoms with Crippen LogP contribution in [-0.2, 0) is 4.79 Å². The first-order valence-electron chi connectivity index (χ1n) is 4.96. The van der Waals surface area contributed by atoms with E-state index in [-0.39, 0.29) is 4.75 Å². The Morgan fingerprint density at radius 3 is 2.36 bits per heavy atom. The minimum absolute atomic E-state index is 0.102. The van der Waals surface area contributed by atoms with Crippen molar-refractivity contribution in [3.05, 3.63) is 29.8 Å². The molecule has 1 aliphatic carbocycles. The van der Waals surface area contributed by atoms with E-state index in [1.165, 1.54) is 16.9 Å². The van der Waals surface area contributed by atoms with Crippen LogP contribution in [0.4, 0.5) is 0 Å². The number of hydrogen-bond acceptors (Lipinski definition) is 2. The smallest absolute Gasteiger partial charge is 0.136 e. The number of carbonyl (C=O) groups is 1. The lowest BCUT2D eigenvalue weighted by molar-refractivity contribution is -0.111. The molecule has 0 heterocycles. The predicted molar refractivity (Wildman–Crippen MR) is 59.7 cm³/mol. The van der Waals surface area contributed by atoms with Crippen LogP contribution in [0.25, 0.3) is 0 Å². The molecule has 0 saturated heterocycles. The fourth-order valence-corrected chi connectivity index (χ4v) is 2.89. The average molecular weight is 206 g/mol. The molecule has 74 valence electrons. The standard InChI is InChI=1S/C12H14OS/c1-10-3-5-11(6-4-10)14-12(9-13)7-2-8-12/h3-6,9H,2,7-8H2,1H3. The van der Waals surface area contributed by atoms with Crippen LogP contribution in [0.1, 0.15) is 24.8 Å². The molecule has 2 rings (SSSR count). The van der Waals surface area contributed by atoms with E-state index in [0.717, 1.165) is 19.1 Å². The SMILES string of the molecule is Cc1ccc(SC2(C=O)CCC2)cc1. The molecule has 2 heteroatoms. The normalized spacial score (nSPS) is 18.6. The van der Waals surface area contributed by atoms with E-state index in [1.807, 2.05) is 0 Å². The summed E-state index contributed by atoms with van der Waals surface area (Å²) in [6.07, 6.45) is 4.39. The molecule has 0 aromatic heterocycles. The first kappa shape index (κ1) is 9.78. The highest BCUT2D eigenvalue weighted by Crippen LogP contribution is 2.45. The molecule has 0 N–H and O–H groups in total. The number of benzene rings is 1. The molecule has 14 heavy (non-hydrogen) atoms. The highest BCUT2D eigenvalue weighted by atomic mass is 32.2. The second-order valence-corrected chi connectivity index (χ2v) is 5.44. The predicted octanol–water partition coefficient (Wildman–Crippen LogP) is 3.21. The molecular formula is C12H14OS. The van der Waals surface area contributed by atoms with Crippen LogP contribution < -0.4 is 0 Å². The summed E-state index contributed by atoms with van der Waals surface area (Å²) in [6.45, 7) is 2.08. The maximum absolute atomic E-state index is 11.0. The third-order valence-corrected chi connectivity index (χ3v) is 4.18. The zero-order chi connectivity index (χ0) is 10.0. The minimum Gasteiger partial charge on any atom is -0.302 e. The summed E-state index contributed by atoms with van der Waals surface area (Å²) in [7, 11) is 0. The van der Waals surface area contributed by atoms with Gasteiger partial charge in [0.2, 0.25) is 0 Å². The van der Waals surface area contributed by atoms with E-state index >= 15 is 0 Å². The van der Waals surface area contributed by atoms with Crippen LogP contribution in [0.3, 0.4) is 0 Å². The fourth-order valence-electron chi connectivity index (χ4n) is 1.61. The van der Waals surface area contributed by atoms with Gasteiger partial charge in [-0.1, -0.05) is 17.7 Å². The number of aryl methyl sites for hydroxylation is 1. The maximum atomic E-state index is 11.0. The van der Waals surface area contributed by atoms with E-state index in [2.05, 4.69) is 31.2 Å². The van der Waals surface area contributed by atoms with Crippen LogP contribution in [0, 0.1) is 6.92 Å². The van der Waals surface area contributed by atoms with Crippen LogP contribution in [0.15, 0.2) is 29.2 Å². The highest BCUT2D eigenvalue weighted by molar-refractivity contribution is 8.01. The molecule has 0 aliphatic heterocycles. The number of rotatable bonds is 3. The fraction of sp³-hybridized carbons (Fsp3) is 0.417. The van der Waals surface area contributed by atoms with Gasteiger partial charge in [0.25, 0.3) is 0 Å². The van der Waals surface area contributed by atoms with Crippen molar-refractivity contribution in [1.82, 2.24) is 0 Å². The summed E-state index contributed by atoms with van der Waals surface area (Å²) in [5.41, 5.74) is 1.27. The molecular weight excluding hydrogens is 192 g/mol. The molecule has 0 unspecified atom stereocenters. The minimum atomic E-state index is -0.102. The van der Waals surface area contributed by atoms with Crippen LogP contribution in [0.2, 0.25) is 0 Å². The van der Waals surface area contributed by atoms with Crippen molar-refractivity contribution in [1.29, 1.82) is 0 Å². The molecule has 1 aromatic carbocycles. The van der Waals surface area contributed by atoms with Crippen molar-refractivity contribution >= 4 is 18.0 Å². The third kappa shape index (κ3) is 1.85. The van der Waals surface area contributed by atoms with E-state index in [1.54, 1.807) is 11.8 Å². The van der Waals surface area contributed by atoms with Crippen LogP contribution in [-0.4, -0.2) is 11.0 Å². The summed E-state index contributed by atoms with van der Waals surface area (Å²) >= 11 is 1.72. The van der Waals surface area contributed by atoms with Crippen LogP contribution >= 0.6 is 11.8 Å². The van der Waals surface area contributed by atoms with E-state index in [4.69, 9.17) is 0 Å². The number of aldehydes is 1. The molecule has 1 aromatic rings. The van der Waals surface area contributed by atoms with E-state index in [0.29, 0.717) is 0 Å². The van der Waals surface area contributed by atoms with Gasteiger partial charge < -0.3 is 4.79 Å². The lowest BCUT2D eigenvalue weighted by atomic mass is 9.86. The zero-order valence-electron chi connectivity index (χ0n) is 8.32. The van der Waals surface area contributed by atoms with Crippen molar-refractivity contribution in [3.8, 4) is 0 Å². The summed E-state index contributed by atoms with van der Waals surface area (Å²) in [5, 5.41) is 0. The maximum Gasteiger partial charge on any atom is 0.136 e. The van der Waals surface area contributed by atoms with Gasteiger partial charge in [0.15, 0.2) is 0 Å². The van der Waals surface area contributed by atoms with Crippen molar-refractivity contribution in [2.45, 2.75) is 35.8 Å². The lowest BCUT2D eigenvalue weighted by Crippen LogP contribution is -2.34. The molecule has 0 radical (unpaired) electrons. The topological polar surface area (TPSA) is 17.1 Å². The summed E-state index contributed by atoms with van der Waals surface area (Å²) in [6, 6.07) is 8.39. The Bertz CT molecular complexity index is 325. The first-order valence-corrected chi connectivity index (χ1v) is 5.78. The Labute approximate surface area is 88.9 Å². The van der Waals surface area contributed by atoms with E-state index < -0.39 is 0 Å². The Morgan fingerprint density at radius 1 is 1.29 bits per heavy atom. The van der Waals surface area contributed by atoms with Gasteiger partial charge in [-0.15, -0.1) is 11.8 Å². The number of hydrogen-bond donors (Lipinski definition) is 0. The van der Waals surface area contributed by atoms with Crippen molar-refractivity contribution in [2.24, 2.45) is 0 Å². The van der Waals surface area contributed by atoms with Gasteiger partial charge >= 0.3 is 0 Å². The van der Waals surface area contributed by atoms with Gasteiger partial charge in [-0.3, -0.25) is 0 Å². The quantitative estimate of drug-likeness (QED) is 0.706. The second kappa shape index (κ2) is 3.77. The Hall–Kier alpha value is -0.760. The van der Waals surface area contributed by atoms with Crippen LogP contribution in [0.5, 0.6) is 0 Å². The molecule has 0 bridgehead atoms. The van der Waals surface area contributed by atoms with Gasteiger partial charge in [-0.05, 0) is 38.3 Å². The monoisotopic (exact) mass is 206 g/mol. The van der Waals surface area contributed by atoms with Gasteiger partial charge in [-0.25, -0.2) is 0 Å². The summed E-state index contributed by atoms with van der Waals surface area (Å²) < 4.78 is -0.102. The molecule has 0 amide bonds. The lowest BCUT2D eigenvalue weighted by Gasteiger charge is -2.35. The van der Waals surface area contributed by atoms with Gasteiger partial charge in [0, 0.05) is 4.90 Å². The average Bonchev–Trinajstić information content (AvgIpc) is 2.15. The van der Waals surface area contributed by atoms with Crippen molar-refractivity contribution < 1.29 is 4.79 Å². The highest BCUT2D eigenvalue weighted by Gasteiger charge is 2.37. The number of thioether (sulfide) groups is 1. The molecule has 1 saturated carbocycles. The van der Waals surface area contributed by atoms with Crippen molar-refractivity contribution in [2.75, 3.05) is 0 Å². The molecule has 0 atom stereocenters. The van der Waals surface area contributed by atoms with Gasteiger partial charge in [-0.2, -0.15) is 0 Å². The van der Waals surface area contributed by atoms with Gasteiger partial charge in [0.05, 0.1) is 4.75 Å². The van der Waals surface area contributed by atoms with Crippen molar-refractivity contribution in [3.63, 3.8) is 0 Å². The zero-order valence-corrected chi connectivity index (χ0v) is 9.14. The Kier molecular flexibility index (Phi) is 2.64. The molecule has 1 aliphatic rings. The largest absolute Gasteiger partial charge is 0.302 e. The molecule has 1 nitrogen and oxygen atoms in total. The summed E-state index contributed by atoms with van der Waals surface area (Å²) in [4.78, 5) is 12.2. The second-order valence-electron chi connectivity index (χ2n) is 3.95. The molecule has 1 fully saturated rings. The number of carbonyl (C=O) groups excluding carboxylic acids is 1. The Morgan fingerprint density at radius 2 is 1.93 bits per heavy atom. The molecule has 0 spiro atoms. The Balaban J connectivity index is 2.10.